The van der Waals surface area contributed by atoms with E-state index in [2.05, 4.69) is 49.4 Å². The maximum absolute atomic E-state index is 2.42. The highest BCUT2D eigenvalue weighted by atomic mass is 127. The van der Waals surface area contributed by atoms with Gasteiger partial charge in [-0.05, 0) is 47.9 Å². The van der Waals surface area contributed by atoms with Crippen LogP contribution in [0.4, 0.5) is 0 Å². The second-order valence-electron chi connectivity index (χ2n) is 3.63. The van der Waals surface area contributed by atoms with Crippen LogP contribution in [0.25, 0.3) is 10.1 Å². The van der Waals surface area contributed by atoms with E-state index in [0.717, 1.165) is 0 Å². The second kappa shape index (κ2) is 4.10. The lowest BCUT2D eigenvalue weighted by atomic mass is 10.1. The highest BCUT2D eigenvalue weighted by molar-refractivity contribution is 14.1. The molecule has 0 spiro atoms. The molecule has 0 aliphatic carbocycles. The lowest BCUT2D eigenvalue weighted by Gasteiger charge is -2.04. The van der Waals surface area contributed by atoms with Crippen LogP contribution >= 0.6 is 45.3 Å². The van der Waals surface area contributed by atoms with E-state index < -0.39 is 0 Å². The molecule has 3 heteroatoms. The van der Waals surface area contributed by atoms with Crippen molar-refractivity contribution in [2.45, 2.75) is 33.1 Å². The van der Waals surface area contributed by atoms with E-state index in [0.29, 0.717) is 5.92 Å². The average molecular weight is 336 g/mol. The van der Waals surface area contributed by atoms with E-state index in [4.69, 9.17) is 0 Å². The molecule has 2 rings (SSSR count). The van der Waals surface area contributed by atoms with Gasteiger partial charge in [0.05, 0.1) is 2.88 Å². The molecule has 76 valence electrons. The van der Waals surface area contributed by atoms with Crippen molar-refractivity contribution in [1.82, 2.24) is 0 Å². The molecule has 0 aromatic carbocycles. The summed E-state index contributed by atoms with van der Waals surface area (Å²) in [6.45, 7) is 6.84. The topological polar surface area (TPSA) is 0 Å². The quantitative estimate of drug-likeness (QED) is 0.645. The van der Waals surface area contributed by atoms with Crippen molar-refractivity contribution in [3.8, 4) is 0 Å². The molecule has 2 aromatic heterocycles. The van der Waals surface area contributed by atoms with E-state index in [1.165, 1.54) is 24.3 Å². The van der Waals surface area contributed by atoms with Gasteiger partial charge in [0.25, 0.3) is 0 Å². The highest BCUT2D eigenvalue weighted by Gasteiger charge is 2.15. The predicted octanol–water partition coefficient (Wildman–Crippen LogP) is 5.39. The van der Waals surface area contributed by atoms with Gasteiger partial charge in [-0.3, -0.25) is 0 Å². The highest BCUT2D eigenvalue weighted by Crippen LogP contribution is 2.41. The Hall–Kier alpha value is 0.390. The zero-order chi connectivity index (χ0) is 10.3. The summed E-state index contributed by atoms with van der Waals surface area (Å²) >= 11 is 6.33. The molecule has 0 saturated heterocycles. The smallest absolute Gasteiger partial charge is 0.0666 e. The zero-order valence-corrected chi connectivity index (χ0v) is 12.3. The number of fused-ring (bicyclic) bond motifs is 1. The molecule has 0 bridgehead atoms. The SMILES string of the molecule is CCC(C)c1sc(C)c2sc(I)cc12. The molecule has 1 unspecified atom stereocenters. The summed E-state index contributed by atoms with van der Waals surface area (Å²) in [4.78, 5) is 3.07. The van der Waals surface area contributed by atoms with Crippen molar-refractivity contribution >= 4 is 55.4 Å². The molecule has 0 saturated carbocycles. The predicted molar refractivity (Wildman–Crippen MR) is 75.9 cm³/mol. The summed E-state index contributed by atoms with van der Waals surface area (Å²) in [5.41, 5.74) is 0. The molecule has 0 nitrogen and oxygen atoms in total. The summed E-state index contributed by atoms with van der Waals surface area (Å²) in [5.74, 6) is 0.710. The third kappa shape index (κ3) is 1.74. The number of thiophene rings is 2. The first-order chi connectivity index (χ1) is 6.63. The second-order valence-corrected chi connectivity index (χ2v) is 7.83. The van der Waals surface area contributed by atoms with Crippen LogP contribution in [0.2, 0.25) is 0 Å². The molecule has 14 heavy (non-hydrogen) atoms. The first-order valence-corrected chi connectivity index (χ1v) is 7.53. The van der Waals surface area contributed by atoms with Crippen LogP contribution < -0.4 is 0 Å². The summed E-state index contributed by atoms with van der Waals surface area (Å²) < 4.78 is 2.92. The Morgan fingerprint density at radius 1 is 1.43 bits per heavy atom. The molecule has 0 aliphatic rings. The lowest BCUT2D eigenvalue weighted by Crippen LogP contribution is -1.85. The van der Waals surface area contributed by atoms with Crippen LogP contribution in [-0.4, -0.2) is 0 Å². The molecule has 0 amide bonds. The monoisotopic (exact) mass is 336 g/mol. The maximum Gasteiger partial charge on any atom is 0.0666 e. The summed E-state index contributed by atoms with van der Waals surface area (Å²) in [6.07, 6.45) is 1.24. The molecule has 0 N–H and O–H groups in total. The van der Waals surface area contributed by atoms with E-state index in [9.17, 15) is 0 Å². The van der Waals surface area contributed by atoms with Crippen LogP contribution in [0.15, 0.2) is 6.07 Å². The normalized spacial score (nSPS) is 13.7. The van der Waals surface area contributed by atoms with E-state index in [1.807, 2.05) is 22.7 Å². The van der Waals surface area contributed by atoms with Gasteiger partial charge in [0.2, 0.25) is 0 Å². The van der Waals surface area contributed by atoms with Crippen molar-refractivity contribution in [3.63, 3.8) is 0 Å². The van der Waals surface area contributed by atoms with Gasteiger partial charge in [0.15, 0.2) is 0 Å². The minimum absolute atomic E-state index is 0.710. The lowest BCUT2D eigenvalue weighted by molar-refractivity contribution is 0.753. The Morgan fingerprint density at radius 3 is 2.79 bits per heavy atom. The van der Waals surface area contributed by atoms with Crippen molar-refractivity contribution < 1.29 is 0 Å². The van der Waals surface area contributed by atoms with Gasteiger partial charge in [-0.2, -0.15) is 0 Å². The number of hydrogen-bond donors (Lipinski definition) is 0. The van der Waals surface area contributed by atoms with Crippen molar-refractivity contribution in [1.29, 1.82) is 0 Å². The third-order valence-electron chi connectivity index (χ3n) is 2.61. The van der Waals surface area contributed by atoms with Gasteiger partial charge in [-0.25, -0.2) is 0 Å². The Morgan fingerprint density at radius 2 is 2.14 bits per heavy atom. The fraction of sp³-hybridized carbons (Fsp3) is 0.455. The molecule has 0 aliphatic heterocycles. The maximum atomic E-state index is 2.42. The van der Waals surface area contributed by atoms with Crippen LogP contribution in [0.1, 0.15) is 35.9 Å². The number of hydrogen-bond acceptors (Lipinski definition) is 2. The largest absolute Gasteiger partial charge is 0.143 e. The van der Waals surface area contributed by atoms with Gasteiger partial charge in [0, 0.05) is 19.8 Å². The molecular weight excluding hydrogens is 323 g/mol. The summed E-state index contributed by atoms with van der Waals surface area (Å²) in [6, 6.07) is 2.34. The van der Waals surface area contributed by atoms with Gasteiger partial charge >= 0.3 is 0 Å². The van der Waals surface area contributed by atoms with Gasteiger partial charge in [-0.15, -0.1) is 22.7 Å². The average Bonchev–Trinajstić information content (AvgIpc) is 2.65. The Labute approximate surface area is 106 Å². The van der Waals surface area contributed by atoms with Crippen LogP contribution in [0, 0.1) is 9.81 Å². The molecule has 2 heterocycles. The Balaban J connectivity index is 2.64. The number of halogens is 1. The van der Waals surface area contributed by atoms with E-state index in [-0.39, 0.29) is 0 Å². The fourth-order valence-corrected chi connectivity index (χ4v) is 4.88. The minimum atomic E-state index is 0.710. The van der Waals surface area contributed by atoms with Gasteiger partial charge in [0.1, 0.15) is 0 Å². The fourth-order valence-electron chi connectivity index (χ4n) is 1.62. The number of aryl methyl sites for hydroxylation is 1. The standard InChI is InChI=1S/C11H13IS2/c1-4-6(2)10-8-5-9(12)14-11(8)7(3)13-10/h5-6H,4H2,1-3H3. The van der Waals surface area contributed by atoms with Gasteiger partial charge in [-0.1, -0.05) is 13.8 Å². The Kier molecular flexibility index (Phi) is 3.19. The third-order valence-corrected chi connectivity index (χ3v) is 6.11. The molecule has 1 atom stereocenters. The van der Waals surface area contributed by atoms with Crippen LogP contribution in [-0.2, 0) is 0 Å². The zero-order valence-electron chi connectivity index (χ0n) is 8.56. The first kappa shape index (κ1) is 10.9. The minimum Gasteiger partial charge on any atom is -0.143 e. The molecule has 0 fully saturated rings. The van der Waals surface area contributed by atoms with Crippen LogP contribution in [0.5, 0.6) is 0 Å². The molecule has 0 radical (unpaired) electrons. The summed E-state index contributed by atoms with van der Waals surface area (Å²) in [5, 5.41) is 1.51. The summed E-state index contributed by atoms with van der Waals surface area (Å²) in [7, 11) is 0. The van der Waals surface area contributed by atoms with Crippen molar-refractivity contribution in [2.75, 3.05) is 0 Å². The Bertz CT molecular complexity index is 453. The molecule has 2 aromatic rings. The molecular formula is C11H13IS2. The van der Waals surface area contributed by atoms with E-state index in [1.54, 1.807) is 4.88 Å². The van der Waals surface area contributed by atoms with Gasteiger partial charge < -0.3 is 0 Å². The van der Waals surface area contributed by atoms with Crippen molar-refractivity contribution in [3.05, 3.63) is 18.7 Å². The number of rotatable bonds is 2. The van der Waals surface area contributed by atoms with E-state index >= 15 is 0 Å². The van der Waals surface area contributed by atoms with Crippen molar-refractivity contribution in [2.24, 2.45) is 0 Å². The first-order valence-electron chi connectivity index (χ1n) is 4.81. The van der Waals surface area contributed by atoms with Crippen LogP contribution in [0.3, 0.4) is 0 Å².